The number of halogens is 1. The van der Waals surface area contributed by atoms with E-state index in [1.807, 2.05) is 0 Å². The zero-order valence-electron chi connectivity index (χ0n) is 28.9. The first-order valence-corrected chi connectivity index (χ1v) is 16.6. The van der Waals surface area contributed by atoms with Gasteiger partial charge in [0.25, 0.3) is 0 Å². The normalized spacial score (nSPS) is 11.3. The number of allylic oxidation sites excluding steroid dienone is 1. The lowest BCUT2D eigenvalue weighted by molar-refractivity contribution is -0.130. The maximum Gasteiger partial charge on any atom is 0.341 e. The van der Waals surface area contributed by atoms with E-state index in [9.17, 15) is 24.3 Å². The van der Waals surface area contributed by atoms with E-state index in [1.54, 1.807) is 56.3 Å². The molecule has 8 nitrogen and oxygen atoms in total. The summed E-state index contributed by atoms with van der Waals surface area (Å²) in [6.45, 7) is 19.2. The van der Waals surface area contributed by atoms with Gasteiger partial charge in [0.05, 0.1) is 13.2 Å². The molecule has 0 radical (unpaired) electrons. The minimum atomic E-state index is -0.556. The minimum Gasteiger partial charge on any atom is -0.507 e. The Bertz CT molecular complexity index is 1270. The molecule has 2 unspecified atom stereocenters. The zero-order chi connectivity index (χ0) is 35.8. The molecule has 2 rings (SSSR count). The molecule has 0 aliphatic rings. The lowest BCUT2D eigenvalue weighted by atomic mass is 10.0. The SMILES string of the molecule is C=C(C)C(=O)Cl.C=C(C)C(=O)Oc1ccccc1C(=O)OCC(CC)CCCC.CCCCC(CC)COC(=O)c1ccccc1O. The average molecular weight is 673 g/mol. The van der Waals surface area contributed by atoms with Gasteiger partial charge < -0.3 is 19.3 Å². The summed E-state index contributed by atoms with van der Waals surface area (Å²) in [7, 11) is 0. The molecule has 2 atom stereocenters. The highest BCUT2D eigenvalue weighted by atomic mass is 35.5. The van der Waals surface area contributed by atoms with Crippen molar-refractivity contribution >= 4 is 34.8 Å². The van der Waals surface area contributed by atoms with Crippen LogP contribution >= 0.6 is 11.6 Å². The number of benzene rings is 2. The largest absolute Gasteiger partial charge is 0.507 e. The van der Waals surface area contributed by atoms with Crippen molar-refractivity contribution in [1.82, 2.24) is 0 Å². The van der Waals surface area contributed by atoms with Crippen LogP contribution in [0.25, 0.3) is 0 Å². The smallest absolute Gasteiger partial charge is 0.341 e. The highest BCUT2D eigenvalue weighted by Crippen LogP contribution is 2.22. The quantitative estimate of drug-likeness (QED) is 0.0764. The predicted molar refractivity (Wildman–Crippen MR) is 188 cm³/mol. The number of unbranched alkanes of at least 4 members (excludes halogenated alkanes) is 2. The topological polar surface area (TPSA) is 116 Å². The molecule has 2 aromatic carbocycles. The number of para-hydroxylation sites is 2. The molecule has 0 saturated heterocycles. The molecule has 9 heteroatoms. The van der Waals surface area contributed by atoms with Crippen molar-refractivity contribution in [3.05, 3.63) is 84.0 Å². The lowest BCUT2D eigenvalue weighted by Gasteiger charge is -2.15. The van der Waals surface area contributed by atoms with Crippen LogP contribution < -0.4 is 4.74 Å². The Balaban J connectivity index is 0.000000782. The first-order valence-electron chi connectivity index (χ1n) is 16.3. The number of carbonyl (C=O) groups is 4. The summed E-state index contributed by atoms with van der Waals surface area (Å²) in [5.74, 6) is -0.507. The summed E-state index contributed by atoms with van der Waals surface area (Å²) in [5.41, 5.74) is 1.16. The Morgan fingerprint density at radius 3 is 1.55 bits per heavy atom. The zero-order valence-corrected chi connectivity index (χ0v) is 29.7. The maximum atomic E-state index is 12.3. The van der Waals surface area contributed by atoms with Gasteiger partial charge in [0.2, 0.25) is 5.24 Å². The summed E-state index contributed by atoms with van der Waals surface area (Å²) in [5, 5.41) is 9.08. The number of rotatable bonds is 17. The van der Waals surface area contributed by atoms with Crippen LogP contribution in [0.1, 0.15) is 114 Å². The molecule has 0 aromatic heterocycles. The van der Waals surface area contributed by atoms with E-state index in [0.717, 1.165) is 51.4 Å². The minimum absolute atomic E-state index is 0.0240. The third-order valence-corrected chi connectivity index (χ3v) is 7.43. The van der Waals surface area contributed by atoms with Gasteiger partial charge in [-0.1, -0.05) is 104 Å². The molecule has 0 fully saturated rings. The van der Waals surface area contributed by atoms with E-state index < -0.39 is 23.2 Å². The molecule has 0 aliphatic carbocycles. The van der Waals surface area contributed by atoms with Crippen molar-refractivity contribution < 1.29 is 38.5 Å². The number of phenolic OH excluding ortho intramolecular Hbond substituents is 1. The number of aromatic hydroxyl groups is 1. The Morgan fingerprint density at radius 1 is 0.723 bits per heavy atom. The average Bonchev–Trinajstić information content (AvgIpc) is 3.05. The van der Waals surface area contributed by atoms with Crippen LogP contribution in [0.3, 0.4) is 0 Å². The van der Waals surface area contributed by atoms with Gasteiger partial charge in [0.15, 0.2) is 0 Å². The van der Waals surface area contributed by atoms with Crippen molar-refractivity contribution in [3.63, 3.8) is 0 Å². The van der Waals surface area contributed by atoms with E-state index >= 15 is 0 Å². The van der Waals surface area contributed by atoms with Gasteiger partial charge >= 0.3 is 17.9 Å². The second-order valence-electron chi connectivity index (χ2n) is 11.3. The fraction of sp³-hybridized carbons (Fsp3) is 0.474. The first kappa shape index (κ1) is 43.1. The van der Waals surface area contributed by atoms with E-state index in [2.05, 4.69) is 40.9 Å². The second kappa shape index (κ2) is 25.2. The molecular weight excluding hydrogens is 620 g/mol. The van der Waals surface area contributed by atoms with E-state index in [-0.39, 0.29) is 28.2 Å². The number of ether oxygens (including phenoxy) is 3. The first-order chi connectivity index (χ1) is 22.3. The summed E-state index contributed by atoms with van der Waals surface area (Å²) in [6.07, 6.45) is 8.69. The molecule has 0 amide bonds. The number of hydrogen-bond acceptors (Lipinski definition) is 8. The third kappa shape index (κ3) is 18.7. The fourth-order valence-corrected chi connectivity index (χ4v) is 3.90. The lowest BCUT2D eigenvalue weighted by Crippen LogP contribution is -2.16. The molecule has 47 heavy (non-hydrogen) atoms. The van der Waals surface area contributed by atoms with Crippen LogP contribution in [0.4, 0.5) is 0 Å². The highest BCUT2D eigenvalue weighted by molar-refractivity contribution is 6.67. The Labute approximate surface area is 286 Å². The summed E-state index contributed by atoms with van der Waals surface area (Å²) in [6, 6.07) is 13.0. The Morgan fingerprint density at radius 2 is 1.15 bits per heavy atom. The van der Waals surface area contributed by atoms with Gasteiger partial charge in [-0.05, 0) is 74.4 Å². The molecule has 1 N–H and O–H groups in total. The van der Waals surface area contributed by atoms with Crippen LogP contribution in [0.15, 0.2) is 72.8 Å². The molecular formula is C38H53ClO8. The van der Waals surface area contributed by atoms with Crippen molar-refractivity contribution in [1.29, 1.82) is 0 Å². The summed E-state index contributed by atoms with van der Waals surface area (Å²) < 4.78 is 15.9. The monoisotopic (exact) mass is 672 g/mol. The molecule has 0 aliphatic heterocycles. The van der Waals surface area contributed by atoms with Crippen molar-refractivity contribution in [3.8, 4) is 11.5 Å². The van der Waals surface area contributed by atoms with Crippen LogP contribution in [0.5, 0.6) is 11.5 Å². The Kier molecular flexibility index (Phi) is 23.1. The molecule has 0 bridgehead atoms. The number of hydrogen-bond donors (Lipinski definition) is 1. The van der Waals surface area contributed by atoms with Gasteiger partial charge in [0.1, 0.15) is 22.6 Å². The fourth-order valence-electron chi connectivity index (χ4n) is 3.90. The van der Waals surface area contributed by atoms with Crippen LogP contribution in [-0.4, -0.2) is 41.5 Å². The maximum absolute atomic E-state index is 12.3. The third-order valence-electron chi connectivity index (χ3n) is 7.10. The van der Waals surface area contributed by atoms with Gasteiger partial charge in [0, 0.05) is 11.1 Å². The van der Waals surface area contributed by atoms with Gasteiger partial charge in [-0.2, -0.15) is 0 Å². The standard InChI is InChI=1S/C19H26O4.C15H22O3.C4H5ClO/c1-5-7-10-15(6-2)13-22-19(21)16-11-8-9-12-17(16)23-18(20)14(3)4;1-3-5-8-12(4-2)11-18-15(17)13-9-6-7-10-14(13)16;1-3(2)4(5)6/h8-9,11-12,15H,3,5-7,10,13H2,1-2,4H3;6-7,9-10,12,16H,3-5,8,11H2,1-2H3;1H2,2H3. The van der Waals surface area contributed by atoms with E-state index in [4.69, 9.17) is 25.8 Å². The van der Waals surface area contributed by atoms with Crippen LogP contribution in [0.2, 0.25) is 0 Å². The van der Waals surface area contributed by atoms with Crippen molar-refractivity contribution in [2.45, 2.75) is 92.9 Å². The van der Waals surface area contributed by atoms with Crippen molar-refractivity contribution in [2.75, 3.05) is 13.2 Å². The summed E-state index contributed by atoms with van der Waals surface area (Å²) in [4.78, 5) is 45.5. The second-order valence-corrected chi connectivity index (χ2v) is 11.6. The van der Waals surface area contributed by atoms with Crippen LogP contribution in [0, 0.1) is 11.8 Å². The van der Waals surface area contributed by atoms with E-state index in [0.29, 0.717) is 30.6 Å². The predicted octanol–water partition coefficient (Wildman–Crippen LogP) is 9.63. The summed E-state index contributed by atoms with van der Waals surface area (Å²) >= 11 is 4.87. The van der Waals surface area contributed by atoms with E-state index in [1.165, 1.54) is 6.07 Å². The number of phenols is 1. The highest BCUT2D eigenvalue weighted by Gasteiger charge is 2.18. The molecule has 0 saturated carbocycles. The molecule has 2 aromatic rings. The van der Waals surface area contributed by atoms with Gasteiger partial charge in [-0.3, -0.25) is 4.79 Å². The Hall–Kier alpha value is -3.91. The number of carbonyl (C=O) groups excluding carboxylic acids is 4. The molecule has 0 heterocycles. The number of esters is 3. The molecule has 0 spiro atoms. The van der Waals surface area contributed by atoms with Crippen LogP contribution in [-0.2, 0) is 19.1 Å². The molecule has 260 valence electrons. The van der Waals surface area contributed by atoms with Gasteiger partial charge in [-0.25, -0.2) is 14.4 Å². The van der Waals surface area contributed by atoms with Crippen molar-refractivity contribution in [2.24, 2.45) is 11.8 Å². The van der Waals surface area contributed by atoms with Gasteiger partial charge in [-0.15, -0.1) is 0 Å².